The number of carbonyl (C=O) groups excluding carboxylic acids is 3. The predicted octanol–water partition coefficient (Wildman–Crippen LogP) is 4.19. The molecule has 0 aliphatic carbocycles. The molecular formula is C34H46N4O5. The fourth-order valence-corrected chi connectivity index (χ4v) is 6.50. The lowest BCUT2D eigenvalue weighted by Gasteiger charge is -2.52. The maximum Gasteiger partial charge on any atom is 0.253 e. The smallest absolute Gasteiger partial charge is 0.253 e. The van der Waals surface area contributed by atoms with Crippen molar-refractivity contribution in [1.29, 1.82) is 0 Å². The molecule has 2 aromatic carbocycles. The van der Waals surface area contributed by atoms with Crippen molar-refractivity contribution in [3.8, 4) is 11.5 Å². The molecular weight excluding hydrogens is 544 g/mol. The Kier molecular flexibility index (Phi) is 9.72. The zero-order chi connectivity index (χ0) is 30.6. The van der Waals surface area contributed by atoms with Gasteiger partial charge in [-0.3, -0.25) is 19.3 Å². The summed E-state index contributed by atoms with van der Waals surface area (Å²) < 4.78 is 6.03. The molecule has 9 nitrogen and oxygen atoms in total. The van der Waals surface area contributed by atoms with E-state index in [2.05, 4.69) is 17.1 Å². The maximum absolute atomic E-state index is 13.5. The van der Waals surface area contributed by atoms with Crippen LogP contribution in [-0.2, 0) is 16.1 Å². The van der Waals surface area contributed by atoms with Crippen molar-refractivity contribution in [1.82, 2.24) is 20.0 Å². The topological polar surface area (TPSA) is 102 Å². The van der Waals surface area contributed by atoms with E-state index >= 15 is 0 Å². The molecule has 43 heavy (non-hydrogen) atoms. The summed E-state index contributed by atoms with van der Waals surface area (Å²) in [6.45, 7) is 10.1. The number of amides is 3. The molecule has 5 rings (SSSR count). The van der Waals surface area contributed by atoms with Crippen LogP contribution in [0.1, 0.15) is 75.2 Å². The molecule has 3 amide bonds. The molecule has 3 fully saturated rings. The highest BCUT2D eigenvalue weighted by molar-refractivity contribution is 6.00. The van der Waals surface area contributed by atoms with Crippen molar-refractivity contribution in [2.45, 2.75) is 83.5 Å². The van der Waals surface area contributed by atoms with Gasteiger partial charge >= 0.3 is 0 Å². The zero-order valence-corrected chi connectivity index (χ0v) is 25.8. The molecule has 0 radical (unpaired) electrons. The Balaban J connectivity index is 1.17. The number of piperidine rings is 1. The monoisotopic (exact) mass is 590 g/mol. The molecule has 1 spiro atoms. The molecule has 232 valence electrons. The molecule has 0 aromatic heterocycles. The van der Waals surface area contributed by atoms with Gasteiger partial charge < -0.3 is 25.0 Å². The van der Waals surface area contributed by atoms with Gasteiger partial charge in [0.05, 0.1) is 6.10 Å². The van der Waals surface area contributed by atoms with Gasteiger partial charge in [-0.25, -0.2) is 0 Å². The Morgan fingerprint density at radius 3 is 2.16 bits per heavy atom. The summed E-state index contributed by atoms with van der Waals surface area (Å²) in [5.41, 5.74) is 0.967. The first-order chi connectivity index (χ1) is 20.7. The van der Waals surface area contributed by atoms with Crippen LogP contribution in [0.15, 0.2) is 48.5 Å². The number of piperazine rings is 1. The van der Waals surface area contributed by atoms with Gasteiger partial charge in [0, 0.05) is 44.8 Å². The van der Waals surface area contributed by atoms with Gasteiger partial charge in [0.1, 0.15) is 23.1 Å². The Labute approximate surface area is 255 Å². The number of nitrogens with one attached hydrogen (secondary N) is 1. The van der Waals surface area contributed by atoms with Crippen LogP contribution >= 0.6 is 0 Å². The largest absolute Gasteiger partial charge is 0.457 e. The van der Waals surface area contributed by atoms with Crippen LogP contribution in [0.2, 0.25) is 0 Å². The highest BCUT2D eigenvalue weighted by atomic mass is 16.5. The van der Waals surface area contributed by atoms with Crippen LogP contribution in [0, 0.1) is 5.92 Å². The minimum Gasteiger partial charge on any atom is -0.457 e. The second kappa shape index (κ2) is 13.5. The summed E-state index contributed by atoms with van der Waals surface area (Å²) in [6, 6.07) is 14.4. The van der Waals surface area contributed by atoms with E-state index in [1.54, 1.807) is 4.90 Å². The number of rotatable bonds is 10. The lowest BCUT2D eigenvalue weighted by atomic mass is 9.80. The van der Waals surface area contributed by atoms with E-state index in [1.807, 2.05) is 67.3 Å². The van der Waals surface area contributed by atoms with E-state index in [1.165, 1.54) is 0 Å². The number of aliphatic hydroxyl groups is 1. The molecule has 3 aliphatic heterocycles. The predicted molar refractivity (Wildman–Crippen MR) is 165 cm³/mol. The summed E-state index contributed by atoms with van der Waals surface area (Å²) in [4.78, 5) is 45.7. The lowest BCUT2D eigenvalue weighted by Crippen LogP contribution is -2.74. The number of hydrogen-bond donors (Lipinski definition) is 2. The Morgan fingerprint density at radius 1 is 0.977 bits per heavy atom. The normalized spacial score (nSPS) is 21.4. The highest BCUT2D eigenvalue weighted by Gasteiger charge is 2.54. The summed E-state index contributed by atoms with van der Waals surface area (Å²) >= 11 is 0. The SMILES string of the molecule is CCCCN1C(=O)C(C(O)C(C)C)NC(=O)C12CCN(Cc1ccc(Oc3ccc(C(=O)N4CCCC4)cc3)cc1)CC2. The number of unbranched alkanes of at least 4 members (excludes halogenated alkanes) is 1. The van der Waals surface area contributed by atoms with E-state index in [0.717, 1.165) is 56.6 Å². The highest BCUT2D eigenvalue weighted by Crippen LogP contribution is 2.35. The number of hydrogen-bond acceptors (Lipinski definition) is 6. The first-order valence-corrected chi connectivity index (χ1v) is 15.9. The third-order valence-electron chi connectivity index (χ3n) is 9.26. The van der Waals surface area contributed by atoms with Crippen molar-refractivity contribution < 1.29 is 24.2 Å². The number of likely N-dealkylation sites (tertiary alicyclic amines) is 2. The molecule has 0 saturated carbocycles. The molecule has 0 bridgehead atoms. The van der Waals surface area contributed by atoms with Crippen LogP contribution in [0.3, 0.4) is 0 Å². The van der Waals surface area contributed by atoms with Crippen molar-refractivity contribution in [3.63, 3.8) is 0 Å². The molecule has 2 N–H and O–H groups in total. The average molecular weight is 591 g/mol. The van der Waals surface area contributed by atoms with E-state index in [9.17, 15) is 19.5 Å². The van der Waals surface area contributed by atoms with Crippen molar-refractivity contribution in [2.75, 3.05) is 32.7 Å². The minimum atomic E-state index is -0.909. The third-order valence-corrected chi connectivity index (χ3v) is 9.26. The molecule has 3 aliphatic rings. The summed E-state index contributed by atoms with van der Waals surface area (Å²) in [5.74, 6) is 1.06. The van der Waals surface area contributed by atoms with Crippen molar-refractivity contribution in [2.24, 2.45) is 5.92 Å². The summed E-state index contributed by atoms with van der Waals surface area (Å²) in [7, 11) is 0. The van der Waals surface area contributed by atoms with Crippen LogP contribution < -0.4 is 10.1 Å². The lowest BCUT2D eigenvalue weighted by molar-refractivity contribution is -0.165. The molecule has 2 aromatic rings. The third kappa shape index (κ3) is 6.73. The van der Waals surface area contributed by atoms with Crippen molar-refractivity contribution >= 4 is 17.7 Å². The number of carbonyl (C=O) groups is 3. The van der Waals surface area contributed by atoms with E-state index in [-0.39, 0.29) is 23.6 Å². The molecule has 3 heterocycles. The van der Waals surface area contributed by atoms with Gasteiger partial charge in [0.15, 0.2) is 0 Å². The van der Waals surface area contributed by atoms with E-state index in [0.29, 0.717) is 43.8 Å². The van der Waals surface area contributed by atoms with Crippen LogP contribution in [0.25, 0.3) is 0 Å². The molecule has 2 atom stereocenters. The number of benzene rings is 2. The van der Waals surface area contributed by atoms with Crippen molar-refractivity contribution in [3.05, 3.63) is 59.7 Å². The van der Waals surface area contributed by atoms with E-state index in [4.69, 9.17) is 4.74 Å². The Bertz CT molecular complexity index is 1260. The number of aliphatic hydroxyl groups excluding tert-OH is 1. The van der Waals surface area contributed by atoms with Gasteiger partial charge in [0.25, 0.3) is 5.91 Å². The zero-order valence-electron chi connectivity index (χ0n) is 25.8. The van der Waals surface area contributed by atoms with Crippen LogP contribution in [0.5, 0.6) is 11.5 Å². The molecule has 2 unspecified atom stereocenters. The quantitative estimate of drug-likeness (QED) is 0.430. The summed E-state index contributed by atoms with van der Waals surface area (Å²) in [5, 5.41) is 13.5. The second-order valence-electron chi connectivity index (χ2n) is 12.6. The van der Waals surface area contributed by atoms with Gasteiger partial charge in [-0.2, -0.15) is 0 Å². The van der Waals surface area contributed by atoms with E-state index < -0.39 is 17.7 Å². The Hall–Kier alpha value is -3.43. The number of ether oxygens (including phenoxy) is 1. The fraction of sp³-hybridized carbons (Fsp3) is 0.559. The molecule has 3 saturated heterocycles. The van der Waals surface area contributed by atoms with Gasteiger partial charge in [0.2, 0.25) is 11.8 Å². The minimum absolute atomic E-state index is 0.0792. The first-order valence-electron chi connectivity index (χ1n) is 15.9. The number of nitrogens with zero attached hydrogens (tertiary/aromatic N) is 3. The summed E-state index contributed by atoms with van der Waals surface area (Å²) in [6.07, 6.45) is 4.11. The fourth-order valence-electron chi connectivity index (χ4n) is 6.50. The average Bonchev–Trinajstić information content (AvgIpc) is 3.56. The molecule has 9 heteroatoms. The van der Waals surface area contributed by atoms with Gasteiger partial charge in [-0.15, -0.1) is 0 Å². The van der Waals surface area contributed by atoms with Crippen LogP contribution in [0.4, 0.5) is 0 Å². The van der Waals surface area contributed by atoms with Gasteiger partial charge in [-0.1, -0.05) is 39.3 Å². The maximum atomic E-state index is 13.5. The standard InChI is InChI=1S/C34H46N4O5/c1-4-5-20-38-32(41)29(30(39)24(2)3)35-33(42)34(38)16-21-36(22-17-34)23-25-8-12-27(13-9-25)43-28-14-10-26(11-15-28)31(40)37-18-6-7-19-37/h8-15,24,29-30,39H,4-7,16-23H2,1-3H3,(H,35,42). The Morgan fingerprint density at radius 2 is 1.58 bits per heavy atom. The first kappa shape index (κ1) is 31.0. The van der Waals surface area contributed by atoms with Crippen LogP contribution in [-0.4, -0.2) is 87.9 Å². The second-order valence-corrected chi connectivity index (χ2v) is 12.6. The van der Waals surface area contributed by atoms with Gasteiger partial charge in [-0.05, 0) is 80.0 Å².